The predicted octanol–water partition coefficient (Wildman–Crippen LogP) is 2.26. The van der Waals surface area contributed by atoms with Crippen molar-refractivity contribution in [2.75, 3.05) is 11.9 Å². The molecule has 0 radical (unpaired) electrons. The number of nitrogens with one attached hydrogen (secondary N) is 3. The number of benzene rings is 2. The molecule has 0 unspecified atom stereocenters. The smallest absolute Gasteiger partial charge is 0.270 e. The van der Waals surface area contributed by atoms with Crippen LogP contribution >= 0.6 is 0 Å². The van der Waals surface area contributed by atoms with Crippen molar-refractivity contribution >= 4 is 34.8 Å². The Morgan fingerprint density at radius 3 is 2.50 bits per heavy atom. The molecule has 4 aromatic rings. The third kappa shape index (κ3) is 5.05. The number of ketones is 1. The number of ether oxygens (including phenoxy) is 1. The molecule has 5 rings (SSSR count). The maximum atomic E-state index is 14.3. The summed E-state index contributed by atoms with van der Waals surface area (Å²) in [5.74, 6) is -1.86. The topological polar surface area (TPSA) is 144 Å². The minimum absolute atomic E-state index is 0.0650. The second-order valence-corrected chi connectivity index (χ2v) is 8.54. The number of amides is 3. The van der Waals surface area contributed by atoms with Gasteiger partial charge in [-0.05, 0) is 30.2 Å². The van der Waals surface area contributed by atoms with Crippen LogP contribution in [0.5, 0.6) is 5.75 Å². The van der Waals surface area contributed by atoms with E-state index in [9.17, 15) is 23.6 Å². The highest BCUT2D eigenvalue weighted by Crippen LogP contribution is 2.28. The fraction of sp³-hybridized carbons (Fsp3) is 0.154. The third-order valence-corrected chi connectivity index (χ3v) is 5.84. The summed E-state index contributed by atoms with van der Waals surface area (Å²) in [7, 11) is 0. The van der Waals surface area contributed by atoms with Gasteiger partial charge < -0.3 is 20.7 Å². The molecule has 2 aromatic heterocycles. The maximum Gasteiger partial charge on any atom is 0.270 e. The van der Waals surface area contributed by atoms with Gasteiger partial charge in [-0.1, -0.05) is 30.3 Å². The standard InChI is InChI=1S/C26H21FN6O5/c1-14(34)17-5-2-15(3-6-17)10-29-26(37)21-9-20(32-24-18(27)12-30-33(21)24)25(36)28-11-16-4-7-22-19(8-16)31-23(35)13-38-22/h2-9,12H,10-11,13H2,1H3,(H,28,36)(H,29,37)(H,31,35). The van der Waals surface area contributed by atoms with E-state index in [-0.39, 0.29) is 48.4 Å². The highest BCUT2D eigenvalue weighted by molar-refractivity contribution is 5.98. The zero-order chi connectivity index (χ0) is 26.8. The number of rotatable bonds is 7. The first kappa shape index (κ1) is 24.6. The summed E-state index contributed by atoms with van der Waals surface area (Å²) in [4.78, 5) is 52.9. The fourth-order valence-electron chi connectivity index (χ4n) is 3.86. The molecule has 12 heteroatoms. The first-order chi connectivity index (χ1) is 18.3. The number of carbonyl (C=O) groups excluding carboxylic acids is 4. The van der Waals surface area contributed by atoms with Gasteiger partial charge in [-0.3, -0.25) is 19.2 Å². The number of nitrogens with zero attached hydrogens (tertiary/aromatic N) is 3. The van der Waals surface area contributed by atoms with Crippen LogP contribution in [-0.2, 0) is 17.9 Å². The van der Waals surface area contributed by atoms with Crippen LogP contribution in [0.3, 0.4) is 0 Å². The molecule has 3 amide bonds. The lowest BCUT2D eigenvalue weighted by atomic mass is 10.1. The van der Waals surface area contributed by atoms with E-state index < -0.39 is 17.6 Å². The van der Waals surface area contributed by atoms with Gasteiger partial charge in [0.05, 0.1) is 11.9 Å². The molecule has 192 valence electrons. The van der Waals surface area contributed by atoms with Crippen molar-refractivity contribution in [1.29, 1.82) is 0 Å². The van der Waals surface area contributed by atoms with Crippen molar-refractivity contribution < 1.29 is 28.3 Å². The van der Waals surface area contributed by atoms with E-state index >= 15 is 0 Å². The third-order valence-electron chi connectivity index (χ3n) is 5.84. The van der Waals surface area contributed by atoms with Gasteiger partial charge in [0.25, 0.3) is 17.7 Å². The Morgan fingerprint density at radius 1 is 1.03 bits per heavy atom. The van der Waals surface area contributed by atoms with Crippen LogP contribution in [0.2, 0.25) is 0 Å². The molecule has 3 heterocycles. The molecule has 0 saturated heterocycles. The van der Waals surface area contributed by atoms with E-state index in [2.05, 4.69) is 26.0 Å². The van der Waals surface area contributed by atoms with E-state index in [1.807, 2.05) is 0 Å². The Labute approximate surface area is 215 Å². The minimum Gasteiger partial charge on any atom is -0.482 e. The lowest BCUT2D eigenvalue weighted by Crippen LogP contribution is -2.29. The Bertz CT molecular complexity index is 1600. The number of halogens is 1. The van der Waals surface area contributed by atoms with Gasteiger partial charge in [0, 0.05) is 24.7 Å². The number of anilines is 1. The van der Waals surface area contributed by atoms with Gasteiger partial charge in [0.15, 0.2) is 23.9 Å². The minimum atomic E-state index is -0.793. The first-order valence-electron chi connectivity index (χ1n) is 11.5. The monoisotopic (exact) mass is 516 g/mol. The molecule has 0 bridgehead atoms. The van der Waals surface area contributed by atoms with Crippen molar-refractivity contribution in [1.82, 2.24) is 25.2 Å². The molecule has 1 aliphatic heterocycles. The lowest BCUT2D eigenvalue weighted by molar-refractivity contribution is -0.118. The van der Waals surface area contributed by atoms with E-state index in [4.69, 9.17) is 4.74 Å². The SMILES string of the molecule is CC(=O)c1ccc(CNC(=O)c2cc(C(=O)NCc3ccc4c(c3)NC(=O)CO4)nc3c(F)cnn23)cc1. The first-order valence-corrected chi connectivity index (χ1v) is 11.5. The van der Waals surface area contributed by atoms with Crippen LogP contribution in [0.4, 0.5) is 10.1 Å². The summed E-state index contributed by atoms with van der Waals surface area (Å²) in [6.07, 6.45) is 0.907. The molecular formula is C26H21FN6O5. The number of fused-ring (bicyclic) bond motifs is 2. The van der Waals surface area contributed by atoms with Gasteiger partial charge >= 0.3 is 0 Å². The number of hydrogen-bond donors (Lipinski definition) is 3. The predicted molar refractivity (Wildman–Crippen MR) is 132 cm³/mol. The van der Waals surface area contributed by atoms with Crippen molar-refractivity contribution in [3.8, 4) is 5.75 Å². The second-order valence-electron chi connectivity index (χ2n) is 8.54. The quantitative estimate of drug-likeness (QED) is 0.320. The largest absolute Gasteiger partial charge is 0.482 e. The van der Waals surface area contributed by atoms with Gasteiger partial charge in [0.2, 0.25) is 0 Å². The number of hydrogen-bond acceptors (Lipinski definition) is 7. The molecule has 0 spiro atoms. The van der Waals surface area contributed by atoms with Crippen molar-refractivity contribution in [3.63, 3.8) is 0 Å². The average molecular weight is 516 g/mol. The molecule has 0 saturated carbocycles. The summed E-state index contributed by atoms with van der Waals surface area (Å²) in [6.45, 7) is 1.60. The van der Waals surface area contributed by atoms with Crippen molar-refractivity contribution in [3.05, 3.63) is 88.6 Å². The Kier molecular flexibility index (Phi) is 6.52. The average Bonchev–Trinajstić information content (AvgIpc) is 3.30. The maximum absolute atomic E-state index is 14.3. The van der Waals surface area contributed by atoms with E-state index in [0.29, 0.717) is 22.6 Å². The summed E-state index contributed by atoms with van der Waals surface area (Å²) < 4.78 is 20.7. The van der Waals surface area contributed by atoms with Crippen molar-refractivity contribution in [2.24, 2.45) is 0 Å². The van der Waals surface area contributed by atoms with Crippen LogP contribution < -0.4 is 20.7 Å². The molecule has 38 heavy (non-hydrogen) atoms. The van der Waals surface area contributed by atoms with Gasteiger partial charge in [0.1, 0.15) is 17.1 Å². The second kappa shape index (κ2) is 10.1. The van der Waals surface area contributed by atoms with Crippen LogP contribution in [0.25, 0.3) is 5.65 Å². The van der Waals surface area contributed by atoms with Gasteiger partial charge in [-0.25, -0.2) is 13.9 Å². The molecule has 3 N–H and O–H groups in total. The normalized spacial score (nSPS) is 12.3. The fourth-order valence-corrected chi connectivity index (χ4v) is 3.86. The Hall–Kier alpha value is -5.13. The molecule has 0 fully saturated rings. The highest BCUT2D eigenvalue weighted by Gasteiger charge is 2.21. The molecule has 2 aromatic carbocycles. The number of aromatic nitrogens is 3. The Morgan fingerprint density at radius 2 is 1.74 bits per heavy atom. The molecule has 1 aliphatic rings. The van der Waals surface area contributed by atoms with Gasteiger partial charge in [-0.2, -0.15) is 5.10 Å². The molecular weight excluding hydrogens is 495 g/mol. The summed E-state index contributed by atoms with van der Waals surface area (Å²) in [5.41, 5.74) is 1.91. The molecule has 11 nitrogen and oxygen atoms in total. The number of Topliss-reactive ketones (excluding diaryl/α,β-unsaturated/α-hetero) is 1. The molecule has 0 aliphatic carbocycles. The Balaban J connectivity index is 1.32. The highest BCUT2D eigenvalue weighted by atomic mass is 19.1. The number of carbonyl (C=O) groups is 4. The zero-order valence-corrected chi connectivity index (χ0v) is 20.1. The van der Waals surface area contributed by atoms with Crippen LogP contribution in [-0.4, -0.2) is 44.7 Å². The van der Waals surface area contributed by atoms with Crippen LogP contribution in [0.15, 0.2) is 54.7 Å². The summed E-state index contributed by atoms with van der Waals surface area (Å²) >= 11 is 0. The van der Waals surface area contributed by atoms with Crippen LogP contribution in [0.1, 0.15) is 49.4 Å². The van der Waals surface area contributed by atoms with E-state index in [1.54, 1.807) is 42.5 Å². The van der Waals surface area contributed by atoms with E-state index in [1.165, 1.54) is 13.0 Å². The summed E-state index contributed by atoms with van der Waals surface area (Å²) in [6, 6.07) is 13.0. The van der Waals surface area contributed by atoms with E-state index in [0.717, 1.165) is 16.3 Å². The van der Waals surface area contributed by atoms with Crippen molar-refractivity contribution in [2.45, 2.75) is 20.0 Å². The van der Waals surface area contributed by atoms with Crippen LogP contribution in [0, 0.1) is 5.82 Å². The summed E-state index contributed by atoms with van der Waals surface area (Å²) in [5, 5.41) is 12.0. The van der Waals surface area contributed by atoms with Gasteiger partial charge in [-0.15, -0.1) is 0 Å². The zero-order valence-electron chi connectivity index (χ0n) is 20.1. The molecule has 0 atom stereocenters. The lowest BCUT2D eigenvalue weighted by Gasteiger charge is -2.18.